The minimum atomic E-state index is -0.462. The molecule has 2 aromatic carbocycles. The predicted octanol–water partition coefficient (Wildman–Crippen LogP) is 3.59. The molecule has 0 saturated carbocycles. The van der Waals surface area contributed by atoms with Crippen molar-refractivity contribution in [2.24, 2.45) is 0 Å². The first kappa shape index (κ1) is 20.9. The molecule has 0 aliphatic rings. The van der Waals surface area contributed by atoms with Crippen molar-refractivity contribution in [2.45, 2.75) is 26.7 Å². The summed E-state index contributed by atoms with van der Waals surface area (Å²) in [6.45, 7) is 4.11. The van der Waals surface area contributed by atoms with Crippen molar-refractivity contribution >= 4 is 28.9 Å². The summed E-state index contributed by atoms with van der Waals surface area (Å²) in [5, 5.41) is 16.3. The lowest BCUT2D eigenvalue weighted by Crippen LogP contribution is -2.21. The SMILES string of the molecule is Cc1ccc(NC(=O)COC(=O)CCCNc2ccc([N+](=O)[O-])cc2)cc1C. The first-order valence-electron chi connectivity index (χ1n) is 8.86. The second-order valence-corrected chi connectivity index (χ2v) is 6.34. The van der Waals surface area contributed by atoms with E-state index in [0.717, 1.165) is 16.8 Å². The Morgan fingerprint density at radius 1 is 1.04 bits per heavy atom. The fraction of sp³-hybridized carbons (Fsp3) is 0.300. The highest BCUT2D eigenvalue weighted by molar-refractivity contribution is 5.92. The van der Waals surface area contributed by atoms with Crippen molar-refractivity contribution in [1.29, 1.82) is 0 Å². The number of amides is 1. The lowest BCUT2D eigenvalue weighted by Gasteiger charge is -2.09. The van der Waals surface area contributed by atoms with E-state index in [1.165, 1.54) is 12.1 Å². The average molecular weight is 385 g/mol. The molecular weight excluding hydrogens is 362 g/mol. The monoisotopic (exact) mass is 385 g/mol. The van der Waals surface area contributed by atoms with E-state index in [4.69, 9.17) is 4.74 Å². The van der Waals surface area contributed by atoms with E-state index >= 15 is 0 Å². The fourth-order valence-electron chi connectivity index (χ4n) is 2.40. The molecule has 0 aromatic heterocycles. The second-order valence-electron chi connectivity index (χ2n) is 6.34. The number of carbonyl (C=O) groups excluding carboxylic acids is 2. The zero-order valence-corrected chi connectivity index (χ0v) is 15.9. The normalized spacial score (nSPS) is 10.2. The van der Waals surface area contributed by atoms with Gasteiger partial charge in [0.2, 0.25) is 0 Å². The molecule has 2 rings (SSSR count). The van der Waals surface area contributed by atoms with E-state index in [1.54, 1.807) is 18.2 Å². The molecule has 28 heavy (non-hydrogen) atoms. The third-order valence-corrected chi connectivity index (χ3v) is 4.12. The third kappa shape index (κ3) is 6.71. The standard InChI is InChI=1S/C20H23N3O5/c1-14-5-6-17(12-15(14)2)22-19(24)13-28-20(25)4-3-11-21-16-7-9-18(10-8-16)23(26)27/h5-10,12,21H,3-4,11,13H2,1-2H3,(H,22,24). The number of nitro groups is 1. The lowest BCUT2D eigenvalue weighted by atomic mass is 10.1. The van der Waals surface area contributed by atoms with Crippen LogP contribution in [0.25, 0.3) is 0 Å². The van der Waals surface area contributed by atoms with Crippen LogP contribution in [0.4, 0.5) is 17.1 Å². The van der Waals surface area contributed by atoms with Gasteiger partial charge < -0.3 is 15.4 Å². The topological polar surface area (TPSA) is 111 Å². The first-order valence-corrected chi connectivity index (χ1v) is 8.86. The molecule has 0 saturated heterocycles. The van der Waals surface area contributed by atoms with Crippen LogP contribution in [-0.4, -0.2) is 30.0 Å². The predicted molar refractivity (Wildman–Crippen MR) is 106 cm³/mol. The van der Waals surface area contributed by atoms with Crippen LogP contribution in [0.3, 0.4) is 0 Å². The first-order chi connectivity index (χ1) is 13.3. The molecule has 0 atom stereocenters. The molecule has 0 aliphatic carbocycles. The number of carbonyl (C=O) groups is 2. The van der Waals surface area contributed by atoms with Crippen molar-refractivity contribution in [2.75, 3.05) is 23.8 Å². The summed E-state index contributed by atoms with van der Waals surface area (Å²) in [4.78, 5) is 33.7. The molecule has 2 N–H and O–H groups in total. The van der Waals surface area contributed by atoms with Gasteiger partial charge in [0.15, 0.2) is 6.61 Å². The smallest absolute Gasteiger partial charge is 0.306 e. The number of nitro benzene ring substituents is 1. The van der Waals surface area contributed by atoms with Crippen LogP contribution < -0.4 is 10.6 Å². The molecule has 0 spiro atoms. The fourth-order valence-corrected chi connectivity index (χ4v) is 2.40. The van der Waals surface area contributed by atoms with Crippen LogP contribution in [0.5, 0.6) is 0 Å². The number of ether oxygens (including phenoxy) is 1. The van der Waals surface area contributed by atoms with Crippen molar-refractivity contribution in [3.05, 3.63) is 63.7 Å². The number of rotatable bonds is 9. The number of non-ortho nitro benzene ring substituents is 1. The molecule has 0 radical (unpaired) electrons. The Morgan fingerprint density at radius 3 is 2.36 bits per heavy atom. The number of nitrogens with zero attached hydrogens (tertiary/aromatic N) is 1. The van der Waals surface area contributed by atoms with Gasteiger partial charge in [-0.3, -0.25) is 19.7 Å². The number of hydrogen-bond acceptors (Lipinski definition) is 6. The maximum Gasteiger partial charge on any atom is 0.306 e. The Balaban J connectivity index is 1.63. The molecule has 2 aromatic rings. The Bertz CT molecular complexity index is 849. The van der Waals surface area contributed by atoms with Crippen LogP contribution in [0.1, 0.15) is 24.0 Å². The van der Waals surface area contributed by atoms with Gasteiger partial charge in [-0.25, -0.2) is 0 Å². The van der Waals surface area contributed by atoms with E-state index in [1.807, 2.05) is 26.0 Å². The number of nitrogens with one attached hydrogen (secondary N) is 2. The van der Waals surface area contributed by atoms with Crippen LogP contribution in [0.15, 0.2) is 42.5 Å². The van der Waals surface area contributed by atoms with Crippen LogP contribution in [0, 0.1) is 24.0 Å². The van der Waals surface area contributed by atoms with E-state index in [2.05, 4.69) is 10.6 Å². The maximum absolute atomic E-state index is 11.9. The van der Waals surface area contributed by atoms with Gasteiger partial charge in [0, 0.05) is 36.5 Å². The summed E-state index contributed by atoms with van der Waals surface area (Å²) >= 11 is 0. The quantitative estimate of drug-likeness (QED) is 0.295. The minimum Gasteiger partial charge on any atom is -0.456 e. The zero-order chi connectivity index (χ0) is 20.5. The van der Waals surface area contributed by atoms with E-state index in [0.29, 0.717) is 18.7 Å². The molecule has 0 aliphatic heterocycles. The summed E-state index contributed by atoms with van der Waals surface area (Å²) in [6.07, 6.45) is 0.672. The zero-order valence-electron chi connectivity index (χ0n) is 15.9. The Labute approximate surface area is 163 Å². The highest BCUT2D eigenvalue weighted by Crippen LogP contribution is 2.15. The molecular formula is C20H23N3O5. The number of aryl methyl sites for hydroxylation is 2. The van der Waals surface area contributed by atoms with Gasteiger partial charge in [-0.2, -0.15) is 0 Å². The minimum absolute atomic E-state index is 0.0215. The van der Waals surface area contributed by atoms with Crippen molar-refractivity contribution in [1.82, 2.24) is 0 Å². The summed E-state index contributed by atoms with van der Waals surface area (Å²) < 4.78 is 4.97. The van der Waals surface area contributed by atoms with Crippen molar-refractivity contribution in [3.8, 4) is 0 Å². The van der Waals surface area contributed by atoms with Crippen molar-refractivity contribution in [3.63, 3.8) is 0 Å². The van der Waals surface area contributed by atoms with Gasteiger partial charge in [0.25, 0.3) is 11.6 Å². The summed E-state index contributed by atoms with van der Waals surface area (Å²) in [6, 6.07) is 11.6. The van der Waals surface area contributed by atoms with Gasteiger partial charge in [0.1, 0.15) is 0 Å². The second kappa shape index (κ2) is 10.1. The number of esters is 1. The Hall–Kier alpha value is -3.42. The number of anilines is 2. The maximum atomic E-state index is 11.9. The Kier molecular flexibility index (Phi) is 7.50. The molecule has 0 unspecified atom stereocenters. The molecule has 8 nitrogen and oxygen atoms in total. The largest absolute Gasteiger partial charge is 0.456 e. The average Bonchev–Trinajstić information content (AvgIpc) is 2.67. The van der Waals surface area contributed by atoms with Gasteiger partial charge in [-0.05, 0) is 55.7 Å². The summed E-state index contributed by atoms with van der Waals surface area (Å²) in [7, 11) is 0. The van der Waals surface area contributed by atoms with Crippen LogP contribution in [0.2, 0.25) is 0 Å². The molecule has 0 fully saturated rings. The molecule has 0 heterocycles. The molecule has 1 amide bonds. The summed E-state index contributed by atoms with van der Waals surface area (Å²) in [5.41, 5.74) is 3.61. The number of benzene rings is 2. The lowest BCUT2D eigenvalue weighted by molar-refractivity contribution is -0.384. The Morgan fingerprint density at radius 2 is 1.71 bits per heavy atom. The van der Waals surface area contributed by atoms with E-state index < -0.39 is 10.9 Å². The van der Waals surface area contributed by atoms with Gasteiger partial charge in [-0.15, -0.1) is 0 Å². The number of hydrogen-bond donors (Lipinski definition) is 2. The van der Waals surface area contributed by atoms with Crippen LogP contribution in [-0.2, 0) is 14.3 Å². The molecule has 148 valence electrons. The van der Waals surface area contributed by atoms with Crippen molar-refractivity contribution < 1.29 is 19.2 Å². The highest BCUT2D eigenvalue weighted by Gasteiger charge is 2.09. The van der Waals surface area contributed by atoms with E-state index in [9.17, 15) is 19.7 Å². The van der Waals surface area contributed by atoms with Gasteiger partial charge in [-0.1, -0.05) is 6.07 Å². The molecule has 8 heteroatoms. The molecule has 0 bridgehead atoms. The third-order valence-electron chi connectivity index (χ3n) is 4.12. The highest BCUT2D eigenvalue weighted by atomic mass is 16.6. The van der Waals surface area contributed by atoms with E-state index in [-0.39, 0.29) is 24.6 Å². The van der Waals surface area contributed by atoms with Crippen LogP contribution >= 0.6 is 0 Å². The van der Waals surface area contributed by atoms with Gasteiger partial charge in [0.05, 0.1) is 4.92 Å². The summed E-state index contributed by atoms with van der Waals surface area (Å²) in [5.74, 6) is -0.846. The van der Waals surface area contributed by atoms with Gasteiger partial charge >= 0.3 is 5.97 Å².